The first-order valence-corrected chi connectivity index (χ1v) is 3.32. The Labute approximate surface area is 63.3 Å². The third kappa shape index (κ3) is 0.772. The Morgan fingerprint density at radius 1 is 1.82 bits per heavy atom. The lowest BCUT2D eigenvalue weighted by Gasteiger charge is -1.95. The normalized spacial score (nSPS) is 14.2. The number of nitrogens with two attached hydrogens (primary N) is 1. The second-order valence-corrected chi connectivity index (χ2v) is 2.35. The van der Waals surface area contributed by atoms with Crippen molar-refractivity contribution in [1.29, 1.82) is 5.41 Å². The second kappa shape index (κ2) is 1.98. The van der Waals surface area contributed by atoms with E-state index in [2.05, 4.69) is 5.10 Å². The average molecular weight is 152 g/mol. The molecule has 5 nitrogen and oxygen atoms in total. The van der Waals surface area contributed by atoms with Crippen molar-refractivity contribution >= 4 is 5.84 Å². The molecule has 0 fully saturated rings. The molecule has 2 rings (SSSR count). The first-order valence-electron chi connectivity index (χ1n) is 3.32. The van der Waals surface area contributed by atoms with Crippen molar-refractivity contribution in [1.82, 2.24) is 9.78 Å². The summed E-state index contributed by atoms with van der Waals surface area (Å²) in [5.41, 5.74) is 5.87. The van der Waals surface area contributed by atoms with Crippen molar-refractivity contribution < 1.29 is 4.74 Å². The predicted molar refractivity (Wildman–Crippen MR) is 38.7 cm³/mol. The Balaban J connectivity index is 2.50. The molecule has 1 aromatic rings. The molecular weight excluding hydrogens is 144 g/mol. The number of ether oxygens (including phenoxy) is 1. The number of amidine groups is 1. The van der Waals surface area contributed by atoms with Crippen LogP contribution in [-0.2, 0) is 6.54 Å². The molecule has 11 heavy (non-hydrogen) atoms. The van der Waals surface area contributed by atoms with E-state index in [-0.39, 0.29) is 5.84 Å². The van der Waals surface area contributed by atoms with E-state index in [1.807, 2.05) is 0 Å². The number of rotatable bonds is 1. The highest BCUT2D eigenvalue weighted by Crippen LogP contribution is 2.21. The van der Waals surface area contributed by atoms with E-state index in [0.29, 0.717) is 18.1 Å². The minimum absolute atomic E-state index is 0.00755. The maximum Gasteiger partial charge on any atom is 0.223 e. The summed E-state index contributed by atoms with van der Waals surface area (Å²) in [6.07, 6.45) is 1.55. The van der Waals surface area contributed by atoms with E-state index < -0.39 is 0 Å². The number of hydrogen-bond acceptors (Lipinski definition) is 3. The molecule has 5 heteroatoms. The predicted octanol–water partition coefficient (Wildman–Crippen LogP) is -0.440. The Morgan fingerprint density at radius 3 is 3.36 bits per heavy atom. The molecule has 3 N–H and O–H groups in total. The highest BCUT2D eigenvalue weighted by Gasteiger charge is 2.18. The van der Waals surface area contributed by atoms with Crippen molar-refractivity contribution in [2.24, 2.45) is 5.73 Å². The molecule has 0 atom stereocenters. The van der Waals surface area contributed by atoms with Gasteiger partial charge < -0.3 is 10.5 Å². The number of nitrogens with zero attached hydrogens (tertiary/aromatic N) is 2. The van der Waals surface area contributed by atoms with Gasteiger partial charge in [-0.3, -0.25) is 5.41 Å². The number of fused-ring (bicyclic) bond motifs is 1. The van der Waals surface area contributed by atoms with Crippen LogP contribution in [0.2, 0.25) is 0 Å². The molecule has 2 heterocycles. The largest absolute Gasteiger partial charge is 0.475 e. The molecule has 0 amide bonds. The van der Waals surface area contributed by atoms with Gasteiger partial charge in [0.05, 0.1) is 18.3 Å². The van der Waals surface area contributed by atoms with Crippen LogP contribution >= 0.6 is 0 Å². The molecule has 0 aromatic carbocycles. The van der Waals surface area contributed by atoms with Crippen molar-refractivity contribution in [3.05, 3.63) is 11.8 Å². The molecule has 0 radical (unpaired) electrons. The molecule has 0 saturated heterocycles. The first-order chi connectivity index (χ1) is 5.29. The van der Waals surface area contributed by atoms with Gasteiger partial charge in [0, 0.05) is 0 Å². The summed E-state index contributed by atoms with van der Waals surface area (Å²) >= 11 is 0. The summed E-state index contributed by atoms with van der Waals surface area (Å²) < 4.78 is 6.92. The van der Waals surface area contributed by atoms with E-state index >= 15 is 0 Å². The topological polar surface area (TPSA) is 76.9 Å². The SMILES string of the molecule is N=C(N)c1cnn2c1OCC2. The van der Waals surface area contributed by atoms with Gasteiger partial charge in [-0.05, 0) is 0 Å². The Bertz CT molecular complexity index is 304. The Morgan fingerprint density at radius 2 is 2.64 bits per heavy atom. The van der Waals surface area contributed by atoms with Crippen LogP contribution in [0.1, 0.15) is 5.56 Å². The van der Waals surface area contributed by atoms with Gasteiger partial charge >= 0.3 is 0 Å². The van der Waals surface area contributed by atoms with Crippen LogP contribution < -0.4 is 10.5 Å². The van der Waals surface area contributed by atoms with Gasteiger partial charge in [0.2, 0.25) is 5.88 Å². The van der Waals surface area contributed by atoms with Crippen LogP contribution in [0.4, 0.5) is 0 Å². The molecule has 0 aliphatic carbocycles. The van der Waals surface area contributed by atoms with Crippen LogP contribution in [0.15, 0.2) is 6.20 Å². The summed E-state index contributed by atoms with van der Waals surface area (Å²) in [6.45, 7) is 1.38. The first kappa shape index (κ1) is 6.21. The van der Waals surface area contributed by atoms with E-state index in [1.165, 1.54) is 0 Å². The van der Waals surface area contributed by atoms with Gasteiger partial charge in [-0.2, -0.15) is 5.10 Å². The van der Waals surface area contributed by atoms with Gasteiger partial charge in [0.25, 0.3) is 0 Å². The van der Waals surface area contributed by atoms with Crippen molar-refractivity contribution in [3.63, 3.8) is 0 Å². The highest BCUT2D eigenvalue weighted by molar-refractivity contribution is 5.97. The molecule has 58 valence electrons. The maximum absolute atomic E-state index is 7.17. The maximum atomic E-state index is 7.17. The quantitative estimate of drug-likeness (QED) is 0.423. The third-order valence-corrected chi connectivity index (χ3v) is 1.62. The molecule has 1 aliphatic rings. The summed E-state index contributed by atoms with van der Waals surface area (Å²) in [6, 6.07) is 0. The van der Waals surface area contributed by atoms with Crippen molar-refractivity contribution in [3.8, 4) is 5.88 Å². The number of aromatic nitrogens is 2. The Kier molecular flexibility index (Phi) is 1.12. The fourth-order valence-electron chi connectivity index (χ4n) is 1.10. The van der Waals surface area contributed by atoms with Gasteiger partial charge in [0.1, 0.15) is 12.4 Å². The van der Waals surface area contributed by atoms with Gasteiger partial charge in [-0.15, -0.1) is 0 Å². The van der Waals surface area contributed by atoms with Gasteiger partial charge in [-0.1, -0.05) is 0 Å². The standard InChI is InChI=1S/C6H8N4O/c7-5(8)4-3-9-10-1-2-11-6(4)10/h3H,1-2H2,(H3,7,8). The fraction of sp³-hybridized carbons (Fsp3) is 0.333. The summed E-state index contributed by atoms with van der Waals surface area (Å²) in [4.78, 5) is 0. The molecule has 0 spiro atoms. The van der Waals surface area contributed by atoms with Crippen molar-refractivity contribution in [2.75, 3.05) is 6.61 Å². The zero-order valence-electron chi connectivity index (χ0n) is 5.87. The molecule has 0 saturated carbocycles. The van der Waals surface area contributed by atoms with E-state index in [0.717, 1.165) is 6.54 Å². The lowest BCUT2D eigenvalue weighted by atomic mass is 10.3. The van der Waals surface area contributed by atoms with Crippen molar-refractivity contribution in [2.45, 2.75) is 6.54 Å². The molecule has 1 aliphatic heterocycles. The summed E-state index contributed by atoms with van der Waals surface area (Å²) in [5, 5.41) is 11.2. The zero-order valence-corrected chi connectivity index (χ0v) is 5.87. The second-order valence-electron chi connectivity index (χ2n) is 2.35. The van der Waals surface area contributed by atoms with E-state index in [1.54, 1.807) is 10.9 Å². The zero-order chi connectivity index (χ0) is 7.84. The monoisotopic (exact) mass is 152 g/mol. The summed E-state index contributed by atoms with van der Waals surface area (Å²) in [5.74, 6) is 0.630. The molecule has 0 unspecified atom stereocenters. The van der Waals surface area contributed by atoms with Gasteiger partial charge in [-0.25, -0.2) is 4.68 Å². The van der Waals surface area contributed by atoms with Gasteiger partial charge in [0.15, 0.2) is 0 Å². The Hall–Kier alpha value is -1.52. The van der Waals surface area contributed by atoms with Crippen LogP contribution in [0.25, 0.3) is 0 Å². The fourth-order valence-corrected chi connectivity index (χ4v) is 1.10. The number of nitrogen functional groups attached to an aromatic ring is 1. The minimum atomic E-state index is 0.00755. The molecule has 0 bridgehead atoms. The highest BCUT2D eigenvalue weighted by atomic mass is 16.5. The van der Waals surface area contributed by atoms with Crippen LogP contribution in [0.5, 0.6) is 5.88 Å². The summed E-state index contributed by atoms with van der Waals surface area (Å²) in [7, 11) is 0. The van der Waals surface area contributed by atoms with Crippen LogP contribution in [0.3, 0.4) is 0 Å². The minimum Gasteiger partial charge on any atom is -0.475 e. The molecular formula is C6H8N4O. The van der Waals surface area contributed by atoms with E-state index in [9.17, 15) is 0 Å². The van der Waals surface area contributed by atoms with Crippen LogP contribution in [0, 0.1) is 5.41 Å². The third-order valence-electron chi connectivity index (χ3n) is 1.62. The van der Waals surface area contributed by atoms with E-state index in [4.69, 9.17) is 15.9 Å². The smallest absolute Gasteiger partial charge is 0.223 e. The van der Waals surface area contributed by atoms with Crippen LogP contribution in [-0.4, -0.2) is 22.2 Å². The number of nitrogens with one attached hydrogen (secondary N) is 1. The molecule has 1 aromatic heterocycles. The lowest BCUT2D eigenvalue weighted by Crippen LogP contribution is -2.11. The lowest BCUT2D eigenvalue weighted by molar-refractivity contribution is 0.356. The average Bonchev–Trinajstić information content (AvgIpc) is 2.41. The number of hydrogen-bond donors (Lipinski definition) is 2.